The van der Waals surface area contributed by atoms with Gasteiger partial charge >= 0.3 is 11.7 Å². The highest BCUT2D eigenvalue weighted by Crippen LogP contribution is 2.30. The molecular formula is C31H37FN4O5. The summed E-state index contributed by atoms with van der Waals surface area (Å²) in [7, 11) is 1.62. The summed E-state index contributed by atoms with van der Waals surface area (Å²) in [6.45, 7) is 5.30. The monoisotopic (exact) mass is 564 g/mol. The number of methoxy groups -OCH3 is 1. The molecule has 0 bridgehead atoms. The molecule has 1 aliphatic heterocycles. The number of Topliss-reactive ketones (excluding diaryl/α,β-unsaturated/α-hetero) is 1. The van der Waals surface area contributed by atoms with E-state index in [1.54, 1.807) is 24.1 Å². The highest BCUT2D eigenvalue weighted by Gasteiger charge is 2.28. The molecule has 10 heteroatoms. The number of aromatic nitrogens is 2. The fraction of sp³-hybridized carbons (Fsp3) is 0.484. The molecule has 1 saturated heterocycles. The number of benzene rings is 2. The van der Waals surface area contributed by atoms with Crippen molar-refractivity contribution in [1.82, 2.24) is 14.0 Å². The zero-order valence-electron chi connectivity index (χ0n) is 23.8. The Hall–Kier alpha value is -3.79. The molecule has 1 N–H and O–H groups in total. The fourth-order valence-corrected chi connectivity index (χ4v) is 5.66. The van der Waals surface area contributed by atoms with Crippen molar-refractivity contribution in [2.75, 3.05) is 25.5 Å². The highest BCUT2D eigenvalue weighted by atomic mass is 19.1. The van der Waals surface area contributed by atoms with Gasteiger partial charge in [-0.3, -0.25) is 18.7 Å². The first-order valence-electron chi connectivity index (χ1n) is 14.3. The van der Waals surface area contributed by atoms with Crippen LogP contribution in [0.15, 0.2) is 46.0 Å². The number of hydrogen-bond acceptors (Lipinski definition) is 5. The minimum absolute atomic E-state index is 0.0143. The predicted octanol–water partition coefficient (Wildman–Crippen LogP) is 4.96. The summed E-state index contributed by atoms with van der Waals surface area (Å²) in [5.41, 5.74) is 0.790. The van der Waals surface area contributed by atoms with E-state index >= 15 is 4.39 Å². The van der Waals surface area contributed by atoms with E-state index in [1.165, 1.54) is 15.2 Å². The Morgan fingerprint density at radius 1 is 1.07 bits per heavy atom. The number of rotatable bonds is 9. The smallest absolute Gasteiger partial charge is 0.331 e. The average Bonchev–Trinajstić information content (AvgIpc) is 3.77. The van der Waals surface area contributed by atoms with Crippen molar-refractivity contribution in [3.63, 3.8) is 0 Å². The van der Waals surface area contributed by atoms with Crippen LogP contribution in [0, 0.1) is 17.7 Å². The van der Waals surface area contributed by atoms with E-state index in [4.69, 9.17) is 4.74 Å². The third kappa shape index (κ3) is 6.27. The van der Waals surface area contributed by atoms with Gasteiger partial charge in [0.25, 0.3) is 5.56 Å². The van der Waals surface area contributed by atoms with E-state index < -0.39 is 23.1 Å². The summed E-state index contributed by atoms with van der Waals surface area (Å²) in [5, 5.41) is 2.83. The number of urea groups is 1. The number of hydrogen-bond donors (Lipinski definition) is 1. The largest absolute Gasteiger partial charge is 0.380 e. The minimum atomic E-state index is -0.723. The second-order valence-electron chi connectivity index (χ2n) is 11.6. The first-order valence-corrected chi connectivity index (χ1v) is 14.3. The lowest BCUT2D eigenvalue weighted by Gasteiger charge is -2.32. The van der Waals surface area contributed by atoms with Crippen LogP contribution < -0.4 is 16.6 Å². The summed E-state index contributed by atoms with van der Waals surface area (Å²) in [6.07, 6.45) is 3.80. The van der Waals surface area contributed by atoms with Crippen molar-refractivity contribution in [2.24, 2.45) is 11.8 Å². The zero-order chi connectivity index (χ0) is 29.3. The van der Waals surface area contributed by atoms with Gasteiger partial charge in [-0.25, -0.2) is 14.0 Å². The number of nitrogens with zero attached hydrogens (tertiary/aromatic N) is 3. The summed E-state index contributed by atoms with van der Waals surface area (Å²) < 4.78 is 23.1. The lowest BCUT2D eigenvalue weighted by molar-refractivity contribution is 0.0931. The van der Waals surface area contributed by atoms with Crippen molar-refractivity contribution in [2.45, 2.75) is 65.1 Å². The molecule has 41 heavy (non-hydrogen) atoms. The van der Waals surface area contributed by atoms with Gasteiger partial charge < -0.3 is 15.0 Å². The molecule has 2 aliphatic rings. The van der Waals surface area contributed by atoms with Gasteiger partial charge in [-0.2, -0.15) is 0 Å². The maximum absolute atomic E-state index is 15.3. The Labute approximate surface area is 237 Å². The standard InChI is InChI=1S/C31H37FN4O5/c1-19(2)36-27-15-25(32)26(14-24(27)29(38)35(31(36)40)17-20-6-7-20)33-30(39)34-12-4-5-22(16-34)13-28(37)23-10-8-21(9-11-23)18-41-3/h8-11,14-15,19-20,22H,4-7,12-13,16-18H2,1-3H3,(H,33,39). The number of carbonyl (C=O) groups is 2. The van der Waals surface area contributed by atoms with Crippen molar-refractivity contribution >= 4 is 28.4 Å². The van der Waals surface area contributed by atoms with Crippen LogP contribution in [0.5, 0.6) is 0 Å². The number of piperidine rings is 1. The van der Waals surface area contributed by atoms with Crippen molar-refractivity contribution in [1.29, 1.82) is 0 Å². The Morgan fingerprint density at radius 3 is 2.46 bits per heavy atom. The average molecular weight is 565 g/mol. The minimum Gasteiger partial charge on any atom is -0.380 e. The molecule has 2 fully saturated rings. The molecule has 3 aromatic rings. The van der Waals surface area contributed by atoms with Gasteiger partial charge in [0.05, 0.1) is 23.2 Å². The van der Waals surface area contributed by atoms with Crippen molar-refractivity contribution < 1.29 is 18.7 Å². The number of anilines is 1. The predicted molar refractivity (Wildman–Crippen MR) is 155 cm³/mol. The molecule has 2 aromatic carbocycles. The van der Waals surface area contributed by atoms with E-state index in [9.17, 15) is 19.2 Å². The van der Waals surface area contributed by atoms with Gasteiger partial charge in [-0.15, -0.1) is 0 Å². The summed E-state index contributed by atoms with van der Waals surface area (Å²) in [4.78, 5) is 54.1. The van der Waals surface area contributed by atoms with Gasteiger partial charge in [0.15, 0.2) is 5.78 Å². The SMILES string of the molecule is COCc1ccc(C(=O)CC2CCCN(C(=O)Nc3cc4c(=O)n(CC5CC5)c(=O)n(C(C)C)c4cc3F)C2)cc1. The number of nitrogens with one attached hydrogen (secondary N) is 1. The lowest BCUT2D eigenvalue weighted by Crippen LogP contribution is -2.43. The Bertz CT molecular complexity index is 1570. The van der Waals surface area contributed by atoms with E-state index in [0.29, 0.717) is 44.1 Å². The maximum atomic E-state index is 15.3. The van der Waals surface area contributed by atoms with Crippen LogP contribution in [0.1, 0.15) is 67.9 Å². The quantitative estimate of drug-likeness (QED) is 0.370. The number of carbonyl (C=O) groups excluding carboxylic acids is 2. The molecule has 2 heterocycles. The molecule has 1 aliphatic carbocycles. The lowest BCUT2D eigenvalue weighted by atomic mass is 9.91. The topological polar surface area (TPSA) is 103 Å². The van der Waals surface area contributed by atoms with E-state index in [0.717, 1.165) is 37.3 Å². The molecule has 0 spiro atoms. The zero-order valence-corrected chi connectivity index (χ0v) is 23.8. The number of likely N-dealkylation sites (tertiary alicyclic amines) is 1. The number of amides is 2. The van der Waals surface area contributed by atoms with Crippen molar-refractivity contribution in [3.05, 3.63) is 74.2 Å². The summed E-state index contributed by atoms with van der Waals surface area (Å²) in [5.74, 6) is -0.427. The molecule has 1 unspecified atom stereocenters. The molecule has 0 radical (unpaired) electrons. The molecule has 5 rings (SSSR count). The van der Waals surface area contributed by atoms with Crippen LogP contribution in [0.4, 0.5) is 14.9 Å². The Kier molecular flexibility index (Phi) is 8.40. The van der Waals surface area contributed by atoms with Crippen LogP contribution in [-0.2, 0) is 17.9 Å². The molecule has 1 aromatic heterocycles. The van der Waals surface area contributed by atoms with Gasteiger partial charge in [0, 0.05) is 50.8 Å². The Balaban J connectivity index is 1.32. The number of ether oxygens (including phenoxy) is 1. The molecule has 1 saturated carbocycles. The van der Waals surface area contributed by atoms with Crippen LogP contribution in [0.2, 0.25) is 0 Å². The van der Waals surface area contributed by atoms with Crippen LogP contribution in [-0.4, -0.2) is 46.0 Å². The van der Waals surface area contributed by atoms with E-state index in [1.807, 2.05) is 26.0 Å². The van der Waals surface area contributed by atoms with Crippen LogP contribution >= 0.6 is 0 Å². The van der Waals surface area contributed by atoms with Crippen LogP contribution in [0.3, 0.4) is 0 Å². The third-order valence-corrected chi connectivity index (χ3v) is 8.02. The molecular weight excluding hydrogens is 527 g/mol. The fourth-order valence-electron chi connectivity index (χ4n) is 5.66. The van der Waals surface area contributed by atoms with E-state index in [2.05, 4.69) is 5.32 Å². The van der Waals surface area contributed by atoms with Gasteiger partial charge in [-0.1, -0.05) is 24.3 Å². The molecule has 218 valence electrons. The summed E-state index contributed by atoms with van der Waals surface area (Å²) >= 11 is 0. The first kappa shape index (κ1) is 28.7. The van der Waals surface area contributed by atoms with E-state index in [-0.39, 0.29) is 34.3 Å². The first-order chi connectivity index (χ1) is 19.7. The normalized spacial score (nSPS) is 17.3. The number of fused-ring (bicyclic) bond motifs is 1. The van der Waals surface area contributed by atoms with Gasteiger partial charge in [0.1, 0.15) is 5.82 Å². The second-order valence-corrected chi connectivity index (χ2v) is 11.6. The Morgan fingerprint density at radius 2 is 1.80 bits per heavy atom. The number of halogens is 1. The molecule has 1 atom stereocenters. The van der Waals surface area contributed by atoms with Gasteiger partial charge in [0.2, 0.25) is 0 Å². The highest BCUT2D eigenvalue weighted by molar-refractivity contribution is 5.96. The van der Waals surface area contributed by atoms with Gasteiger partial charge in [-0.05, 0) is 63.0 Å². The second kappa shape index (κ2) is 12.0. The summed E-state index contributed by atoms with van der Waals surface area (Å²) in [6, 6.07) is 9.06. The third-order valence-electron chi connectivity index (χ3n) is 8.02. The molecule has 9 nitrogen and oxygen atoms in total. The van der Waals surface area contributed by atoms with Crippen LogP contribution in [0.25, 0.3) is 10.9 Å². The number of ketones is 1. The maximum Gasteiger partial charge on any atom is 0.331 e. The van der Waals surface area contributed by atoms with Crippen molar-refractivity contribution in [3.8, 4) is 0 Å². The molecule has 2 amide bonds.